The molecule has 35 heavy (non-hydrogen) atoms. The van der Waals surface area contributed by atoms with Gasteiger partial charge in [-0.2, -0.15) is 0 Å². The van der Waals surface area contributed by atoms with Gasteiger partial charge in [-0.05, 0) is 108 Å². The van der Waals surface area contributed by atoms with Crippen molar-refractivity contribution in [2.75, 3.05) is 0 Å². The Kier molecular flexibility index (Phi) is 8.47. The highest BCUT2D eigenvalue weighted by molar-refractivity contribution is 5.68. The molecule has 0 amide bonds. The summed E-state index contributed by atoms with van der Waals surface area (Å²) in [6, 6.07) is 27.3. The largest absolute Gasteiger partial charge is 0.207 e. The fourth-order valence-electron chi connectivity index (χ4n) is 4.71. The summed E-state index contributed by atoms with van der Waals surface area (Å²) in [5, 5.41) is 0. The Balaban J connectivity index is 1.16. The standard InChI is InChI=1S/C33H34F2/c1-24-22-27(12-20-32(24)30-17-21-33(35)25(2)23-30)9-7-5-3-4-6-8-26-10-13-28(14-11-26)29-15-18-31(34)19-16-29/h10-23H,3-9H2,1-2H3. The monoisotopic (exact) mass is 468 g/mol. The first-order valence-electron chi connectivity index (χ1n) is 12.7. The average Bonchev–Trinajstić information content (AvgIpc) is 2.86. The molecular formula is C33H34F2. The van der Waals surface area contributed by atoms with Crippen LogP contribution in [0.1, 0.15) is 54.4 Å². The lowest BCUT2D eigenvalue weighted by molar-refractivity contribution is 0.613. The maximum absolute atomic E-state index is 13.6. The van der Waals surface area contributed by atoms with E-state index in [0.717, 1.165) is 29.5 Å². The first-order valence-corrected chi connectivity index (χ1v) is 12.7. The molecule has 0 saturated carbocycles. The van der Waals surface area contributed by atoms with Crippen molar-refractivity contribution >= 4 is 0 Å². The molecule has 0 bridgehead atoms. The highest BCUT2D eigenvalue weighted by Crippen LogP contribution is 2.27. The Morgan fingerprint density at radius 2 is 1.03 bits per heavy atom. The predicted molar refractivity (Wildman–Crippen MR) is 144 cm³/mol. The van der Waals surface area contributed by atoms with Crippen LogP contribution in [0.4, 0.5) is 8.78 Å². The molecule has 180 valence electrons. The van der Waals surface area contributed by atoms with Gasteiger partial charge in [0, 0.05) is 0 Å². The van der Waals surface area contributed by atoms with Gasteiger partial charge in [0.15, 0.2) is 0 Å². The summed E-state index contributed by atoms with van der Waals surface area (Å²) in [6.45, 7) is 3.96. The minimum atomic E-state index is -0.199. The van der Waals surface area contributed by atoms with Crippen LogP contribution in [0.15, 0.2) is 84.9 Å². The van der Waals surface area contributed by atoms with Gasteiger partial charge in [0.05, 0.1) is 0 Å². The number of benzene rings is 4. The van der Waals surface area contributed by atoms with Crippen LogP contribution in [-0.4, -0.2) is 0 Å². The third kappa shape index (κ3) is 6.88. The van der Waals surface area contributed by atoms with Crippen LogP contribution >= 0.6 is 0 Å². The molecule has 0 radical (unpaired) electrons. The van der Waals surface area contributed by atoms with Gasteiger partial charge >= 0.3 is 0 Å². The molecule has 0 aliphatic rings. The van der Waals surface area contributed by atoms with Crippen LogP contribution < -0.4 is 0 Å². The Bertz CT molecular complexity index is 1240. The van der Waals surface area contributed by atoms with Crippen LogP contribution in [-0.2, 0) is 12.8 Å². The lowest BCUT2D eigenvalue weighted by Crippen LogP contribution is -1.92. The third-order valence-corrected chi connectivity index (χ3v) is 6.82. The van der Waals surface area contributed by atoms with Crippen molar-refractivity contribution in [2.45, 2.75) is 58.8 Å². The van der Waals surface area contributed by atoms with E-state index in [0.29, 0.717) is 5.56 Å². The van der Waals surface area contributed by atoms with Crippen LogP contribution in [0.3, 0.4) is 0 Å². The average molecular weight is 469 g/mol. The van der Waals surface area contributed by atoms with Crippen LogP contribution in [0.5, 0.6) is 0 Å². The van der Waals surface area contributed by atoms with E-state index in [1.165, 1.54) is 66.5 Å². The molecule has 0 aliphatic heterocycles. The second-order valence-electron chi connectivity index (χ2n) is 9.58. The van der Waals surface area contributed by atoms with E-state index in [1.54, 1.807) is 6.07 Å². The molecular weight excluding hydrogens is 434 g/mol. The molecule has 0 atom stereocenters. The van der Waals surface area contributed by atoms with Gasteiger partial charge in [-0.1, -0.05) is 79.9 Å². The molecule has 2 heteroatoms. The lowest BCUT2D eigenvalue weighted by Gasteiger charge is -2.10. The number of hydrogen-bond acceptors (Lipinski definition) is 0. The van der Waals surface area contributed by atoms with Gasteiger partial charge in [0.25, 0.3) is 0 Å². The van der Waals surface area contributed by atoms with E-state index >= 15 is 0 Å². The molecule has 0 heterocycles. The molecule has 4 rings (SSSR count). The molecule has 0 N–H and O–H groups in total. The van der Waals surface area contributed by atoms with Crippen molar-refractivity contribution in [1.29, 1.82) is 0 Å². The van der Waals surface area contributed by atoms with Crippen molar-refractivity contribution in [2.24, 2.45) is 0 Å². The van der Waals surface area contributed by atoms with Gasteiger partial charge in [-0.3, -0.25) is 0 Å². The topological polar surface area (TPSA) is 0 Å². The lowest BCUT2D eigenvalue weighted by atomic mass is 9.95. The minimum absolute atomic E-state index is 0.150. The summed E-state index contributed by atoms with van der Waals surface area (Å²) in [7, 11) is 0. The molecule has 0 unspecified atom stereocenters. The van der Waals surface area contributed by atoms with Crippen molar-refractivity contribution in [3.05, 3.63) is 119 Å². The van der Waals surface area contributed by atoms with Gasteiger partial charge in [-0.25, -0.2) is 8.78 Å². The summed E-state index contributed by atoms with van der Waals surface area (Å²) in [5.74, 6) is -0.349. The molecule has 0 aliphatic carbocycles. The van der Waals surface area contributed by atoms with E-state index in [2.05, 4.69) is 49.4 Å². The number of halogens is 2. The van der Waals surface area contributed by atoms with Crippen LogP contribution in [0.25, 0.3) is 22.3 Å². The van der Waals surface area contributed by atoms with Crippen molar-refractivity contribution in [3.8, 4) is 22.3 Å². The van der Waals surface area contributed by atoms with Gasteiger partial charge in [0.1, 0.15) is 11.6 Å². The van der Waals surface area contributed by atoms with Gasteiger partial charge < -0.3 is 0 Å². The number of rotatable bonds is 10. The van der Waals surface area contributed by atoms with E-state index < -0.39 is 0 Å². The minimum Gasteiger partial charge on any atom is -0.207 e. The van der Waals surface area contributed by atoms with Crippen LogP contribution in [0, 0.1) is 25.5 Å². The number of unbranched alkanes of at least 4 members (excludes halogenated alkanes) is 4. The zero-order valence-electron chi connectivity index (χ0n) is 20.8. The van der Waals surface area contributed by atoms with Crippen molar-refractivity contribution in [1.82, 2.24) is 0 Å². The second kappa shape index (κ2) is 11.9. The molecule has 4 aromatic rings. The Morgan fingerprint density at radius 1 is 0.486 bits per heavy atom. The maximum Gasteiger partial charge on any atom is 0.126 e. The summed E-state index contributed by atoms with van der Waals surface area (Å²) in [6.07, 6.45) is 8.39. The molecule has 4 aromatic carbocycles. The first-order chi connectivity index (χ1) is 17.0. The second-order valence-corrected chi connectivity index (χ2v) is 9.58. The molecule has 0 aromatic heterocycles. The smallest absolute Gasteiger partial charge is 0.126 e. The highest BCUT2D eigenvalue weighted by atomic mass is 19.1. The summed E-state index contributed by atoms with van der Waals surface area (Å²) in [5.41, 5.74) is 9.12. The Morgan fingerprint density at radius 3 is 1.66 bits per heavy atom. The SMILES string of the molecule is Cc1cc(-c2ccc(CCCCCCCc3ccc(-c4ccc(F)cc4)cc3)cc2C)ccc1F. The van der Waals surface area contributed by atoms with Crippen LogP contribution in [0.2, 0.25) is 0 Å². The zero-order valence-corrected chi connectivity index (χ0v) is 20.8. The quantitative estimate of drug-likeness (QED) is 0.203. The Hall–Kier alpha value is -3.26. The maximum atomic E-state index is 13.6. The molecule has 0 saturated heterocycles. The number of aryl methyl sites for hydroxylation is 4. The molecule has 0 fully saturated rings. The van der Waals surface area contributed by atoms with Gasteiger partial charge in [0.2, 0.25) is 0 Å². The Labute approximate surface area is 208 Å². The van der Waals surface area contributed by atoms with E-state index in [9.17, 15) is 8.78 Å². The van der Waals surface area contributed by atoms with Crippen molar-refractivity contribution < 1.29 is 8.78 Å². The van der Waals surface area contributed by atoms with Crippen molar-refractivity contribution in [3.63, 3.8) is 0 Å². The van der Waals surface area contributed by atoms with E-state index in [-0.39, 0.29) is 11.6 Å². The number of hydrogen-bond donors (Lipinski definition) is 0. The normalized spacial score (nSPS) is 11.1. The van der Waals surface area contributed by atoms with E-state index in [4.69, 9.17) is 0 Å². The van der Waals surface area contributed by atoms with Gasteiger partial charge in [-0.15, -0.1) is 0 Å². The molecule has 0 spiro atoms. The predicted octanol–water partition coefficient (Wildman–Crippen LogP) is 9.65. The summed E-state index contributed by atoms with van der Waals surface area (Å²) < 4.78 is 26.7. The fraction of sp³-hybridized carbons (Fsp3) is 0.273. The molecule has 0 nitrogen and oxygen atoms in total. The summed E-state index contributed by atoms with van der Waals surface area (Å²) in [4.78, 5) is 0. The van der Waals surface area contributed by atoms with E-state index in [1.807, 2.05) is 31.2 Å². The zero-order chi connectivity index (χ0) is 24.6. The summed E-state index contributed by atoms with van der Waals surface area (Å²) >= 11 is 0. The fourth-order valence-corrected chi connectivity index (χ4v) is 4.71. The first kappa shape index (κ1) is 24.9. The highest BCUT2D eigenvalue weighted by Gasteiger charge is 2.06. The third-order valence-electron chi connectivity index (χ3n) is 6.82.